The number of sulfonamides is 1. The quantitative estimate of drug-likeness (QED) is 0.655. The van der Waals surface area contributed by atoms with E-state index in [4.69, 9.17) is 17.3 Å². The molecule has 1 aromatic rings. The van der Waals surface area contributed by atoms with E-state index >= 15 is 0 Å². The number of halogens is 1. The minimum atomic E-state index is -3.81. The number of hydrogen-bond donors (Lipinski definition) is 1. The van der Waals surface area contributed by atoms with Crippen LogP contribution in [-0.4, -0.2) is 36.8 Å². The van der Waals surface area contributed by atoms with Crippen molar-refractivity contribution >= 4 is 27.3 Å². The standard InChI is InChI=1S/C14H18ClN3O4S/c1-8-12(15)4-10(5-14(8)18(19)20)23(21,22)17-6-9-2-3-13(16)11(9)7-17/h4-5,9,11,13H,2-3,6-7,16H2,1H3. The van der Waals surface area contributed by atoms with E-state index in [1.165, 1.54) is 17.3 Å². The molecule has 1 saturated carbocycles. The Bertz CT molecular complexity index is 768. The topological polar surface area (TPSA) is 107 Å². The molecule has 0 aromatic heterocycles. The van der Waals surface area contributed by atoms with Crippen molar-refractivity contribution in [3.05, 3.63) is 32.8 Å². The number of nitro groups is 1. The highest BCUT2D eigenvalue weighted by molar-refractivity contribution is 7.89. The second-order valence-electron chi connectivity index (χ2n) is 6.29. The number of nitro benzene ring substituents is 1. The Kier molecular flexibility index (Phi) is 4.12. The molecule has 7 nitrogen and oxygen atoms in total. The van der Waals surface area contributed by atoms with Crippen LogP contribution < -0.4 is 5.73 Å². The van der Waals surface area contributed by atoms with Crippen molar-refractivity contribution in [2.75, 3.05) is 13.1 Å². The van der Waals surface area contributed by atoms with Crippen molar-refractivity contribution in [2.24, 2.45) is 17.6 Å². The number of nitrogens with two attached hydrogens (primary N) is 1. The molecule has 1 aliphatic heterocycles. The van der Waals surface area contributed by atoms with Crippen molar-refractivity contribution in [2.45, 2.75) is 30.7 Å². The Labute approximate surface area is 139 Å². The molecule has 0 spiro atoms. The van der Waals surface area contributed by atoms with Gasteiger partial charge in [0.2, 0.25) is 10.0 Å². The Balaban J connectivity index is 1.96. The Morgan fingerprint density at radius 2 is 2.04 bits per heavy atom. The Morgan fingerprint density at radius 1 is 1.35 bits per heavy atom. The van der Waals surface area contributed by atoms with Crippen LogP contribution in [0.3, 0.4) is 0 Å². The highest BCUT2D eigenvalue weighted by Gasteiger charge is 2.45. The maximum absolute atomic E-state index is 12.8. The summed E-state index contributed by atoms with van der Waals surface area (Å²) < 4.78 is 27.0. The molecule has 3 atom stereocenters. The van der Waals surface area contributed by atoms with Crippen LogP contribution in [0.1, 0.15) is 18.4 Å². The number of benzene rings is 1. The average molecular weight is 360 g/mol. The molecule has 1 aliphatic carbocycles. The average Bonchev–Trinajstić information content (AvgIpc) is 3.04. The summed E-state index contributed by atoms with van der Waals surface area (Å²) in [6.45, 7) is 2.28. The number of rotatable bonds is 3. The zero-order valence-electron chi connectivity index (χ0n) is 12.6. The molecule has 1 saturated heterocycles. The first-order chi connectivity index (χ1) is 10.7. The van der Waals surface area contributed by atoms with Gasteiger partial charge < -0.3 is 5.73 Å². The summed E-state index contributed by atoms with van der Waals surface area (Å²) in [4.78, 5) is 10.4. The van der Waals surface area contributed by atoms with Gasteiger partial charge in [-0.15, -0.1) is 0 Å². The molecule has 0 radical (unpaired) electrons. The van der Waals surface area contributed by atoms with E-state index < -0.39 is 14.9 Å². The molecular formula is C14H18ClN3O4S. The van der Waals surface area contributed by atoms with Crippen LogP contribution in [0, 0.1) is 28.9 Å². The fraction of sp³-hybridized carbons (Fsp3) is 0.571. The van der Waals surface area contributed by atoms with Gasteiger partial charge in [-0.2, -0.15) is 4.31 Å². The fourth-order valence-corrected chi connectivity index (χ4v) is 5.45. The molecule has 1 aromatic carbocycles. The van der Waals surface area contributed by atoms with E-state index in [1.54, 1.807) is 0 Å². The summed E-state index contributed by atoms with van der Waals surface area (Å²) in [5, 5.41) is 11.2. The fourth-order valence-electron chi connectivity index (χ4n) is 3.59. The highest BCUT2D eigenvalue weighted by atomic mass is 35.5. The SMILES string of the molecule is Cc1c(Cl)cc(S(=O)(=O)N2CC3CCC(N)C3C2)cc1[N+](=O)[O-]. The van der Waals surface area contributed by atoms with Crippen molar-refractivity contribution < 1.29 is 13.3 Å². The molecular weight excluding hydrogens is 342 g/mol. The molecule has 0 bridgehead atoms. The van der Waals surface area contributed by atoms with Gasteiger partial charge in [0.1, 0.15) is 0 Å². The first kappa shape index (κ1) is 16.6. The predicted octanol–water partition coefficient (Wildman–Crippen LogP) is 1.91. The van der Waals surface area contributed by atoms with Gasteiger partial charge in [-0.3, -0.25) is 10.1 Å². The van der Waals surface area contributed by atoms with Crippen molar-refractivity contribution in [3.63, 3.8) is 0 Å². The predicted molar refractivity (Wildman–Crippen MR) is 85.8 cm³/mol. The third-order valence-electron chi connectivity index (χ3n) is 5.00. The summed E-state index contributed by atoms with van der Waals surface area (Å²) in [6, 6.07) is 2.40. The van der Waals surface area contributed by atoms with Gasteiger partial charge >= 0.3 is 0 Å². The summed E-state index contributed by atoms with van der Waals surface area (Å²) in [5.41, 5.74) is 6.02. The summed E-state index contributed by atoms with van der Waals surface area (Å²) in [6.07, 6.45) is 1.84. The summed E-state index contributed by atoms with van der Waals surface area (Å²) in [5.74, 6) is 0.441. The normalized spacial score (nSPS) is 28.0. The third kappa shape index (κ3) is 2.73. The molecule has 3 unspecified atom stereocenters. The summed E-state index contributed by atoms with van der Waals surface area (Å²) in [7, 11) is -3.81. The van der Waals surface area contributed by atoms with E-state index in [0.717, 1.165) is 18.9 Å². The first-order valence-corrected chi connectivity index (χ1v) is 9.24. The second-order valence-corrected chi connectivity index (χ2v) is 8.64. The highest BCUT2D eigenvalue weighted by Crippen LogP contribution is 2.40. The number of fused-ring (bicyclic) bond motifs is 1. The van der Waals surface area contributed by atoms with Gasteiger partial charge in [0.15, 0.2) is 0 Å². The van der Waals surface area contributed by atoms with Crippen LogP contribution in [0.2, 0.25) is 5.02 Å². The molecule has 2 aliphatic rings. The Hall–Kier alpha value is -1.22. The Morgan fingerprint density at radius 3 is 2.65 bits per heavy atom. The van der Waals surface area contributed by atoms with Gasteiger partial charge in [-0.05, 0) is 37.7 Å². The molecule has 126 valence electrons. The van der Waals surface area contributed by atoms with Crippen LogP contribution in [0.15, 0.2) is 17.0 Å². The summed E-state index contributed by atoms with van der Waals surface area (Å²) >= 11 is 5.99. The second kappa shape index (κ2) is 5.70. The van der Waals surface area contributed by atoms with Crippen LogP contribution in [0.5, 0.6) is 0 Å². The number of hydrogen-bond acceptors (Lipinski definition) is 5. The van der Waals surface area contributed by atoms with Gasteiger partial charge in [-0.25, -0.2) is 8.42 Å². The lowest BCUT2D eigenvalue weighted by atomic mass is 9.98. The van der Waals surface area contributed by atoms with Crippen molar-refractivity contribution in [3.8, 4) is 0 Å². The van der Waals surface area contributed by atoms with E-state index in [1.807, 2.05) is 0 Å². The van der Waals surface area contributed by atoms with Crippen LogP contribution >= 0.6 is 11.6 Å². The van der Waals surface area contributed by atoms with E-state index in [2.05, 4.69) is 0 Å². The third-order valence-corrected chi connectivity index (χ3v) is 7.21. The monoisotopic (exact) mass is 359 g/mol. The maximum Gasteiger partial charge on any atom is 0.275 e. The lowest BCUT2D eigenvalue weighted by Gasteiger charge is -2.19. The molecule has 0 amide bonds. The lowest BCUT2D eigenvalue weighted by Crippen LogP contribution is -2.33. The molecule has 23 heavy (non-hydrogen) atoms. The molecule has 9 heteroatoms. The van der Waals surface area contributed by atoms with E-state index in [9.17, 15) is 18.5 Å². The van der Waals surface area contributed by atoms with Crippen LogP contribution in [0.4, 0.5) is 5.69 Å². The molecule has 2 fully saturated rings. The minimum absolute atomic E-state index is 0.0242. The van der Waals surface area contributed by atoms with Gasteiger partial charge in [-0.1, -0.05) is 11.6 Å². The maximum atomic E-state index is 12.8. The molecule has 2 N–H and O–H groups in total. The largest absolute Gasteiger partial charge is 0.327 e. The molecule has 3 rings (SSSR count). The van der Waals surface area contributed by atoms with Gasteiger partial charge in [0.05, 0.1) is 14.8 Å². The van der Waals surface area contributed by atoms with E-state index in [-0.39, 0.29) is 39.0 Å². The van der Waals surface area contributed by atoms with E-state index in [0.29, 0.717) is 13.1 Å². The van der Waals surface area contributed by atoms with Crippen molar-refractivity contribution in [1.29, 1.82) is 0 Å². The van der Waals surface area contributed by atoms with Crippen LogP contribution in [0.25, 0.3) is 0 Å². The number of nitrogens with zero attached hydrogens (tertiary/aromatic N) is 2. The van der Waals surface area contributed by atoms with Crippen molar-refractivity contribution in [1.82, 2.24) is 4.31 Å². The molecule has 1 heterocycles. The zero-order valence-corrected chi connectivity index (χ0v) is 14.2. The minimum Gasteiger partial charge on any atom is -0.327 e. The van der Waals surface area contributed by atoms with Gasteiger partial charge in [0.25, 0.3) is 5.69 Å². The smallest absolute Gasteiger partial charge is 0.275 e. The zero-order chi connectivity index (χ0) is 16.9. The van der Waals surface area contributed by atoms with Gasteiger partial charge in [0, 0.05) is 30.8 Å². The lowest BCUT2D eigenvalue weighted by molar-refractivity contribution is -0.385. The first-order valence-electron chi connectivity index (χ1n) is 7.42. The van der Waals surface area contributed by atoms with Crippen LogP contribution in [-0.2, 0) is 10.0 Å².